The van der Waals surface area contributed by atoms with Crippen molar-refractivity contribution < 1.29 is 56.3 Å². The normalized spacial score (nSPS) is 21.7. The molecule has 0 spiro atoms. The lowest BCUT2D eigenvalue weighted by molar-refractivity contribution is 0.0522. The fraction of sp³-hybridized carbons (Fsp3) is 1.00. The lowest BCUT2D eigenvalue weighted by Crippen LogP contribution is -2.27. The first-order chi connectivity index (χ1) is 11.9. The van der Waals surface area contributed by atoms with Gasteiger partial charge in [0.1, 0.15) is 0 Å². The summed E-state index contributed by atoms with van der Waals surface area (Å²) >= 11 is 3.76. The van der Waals surface area contributed by atoms with Crippen LogP contribution in [0.25, 0.3) is 0 Å². The molecule has 0 heterocycles. The minimum atomic E-state index is -5.42. The summed E-state index contributed by atoms with van der Waals surface area (Å²) in [5.74, 6) is 0. The Morgan fingerprint density at radius 3 is 1.59 bits per heavy atom. The maximum Gasteiger partial charge on any atom is 0.492 e. The first-order valence-corrected chi connectivity index (χ1v) is 14.8. The van der Waals surface area contributed by atoms with Crippen molar-refractivity contribution in [2.45, 2.75) is 37.9 Å². The van der Waals surface area contributed by atoms with Gasteiger partial charge in [-0.05, 0) is 13.8 Å². The average Bonchev–Trinajstić information content (AvgIpc) is 2.43. The predicted octanol–water partition coefficient (Wildman–Crippen LogP) is 2.51. The fourth-order valence-corrected chi connectivity index (χ4v) is 5.64. The van der Waals surface area contributed by atoms with Gasteiger partial charge in [0.2, 0.25) is 0 Å². The van der Waals surface area contributed by atoms with Crippen LogP contribution in [-0.2, 0) is 31.4 Å². The third kappa shape index (κ3) is 14.4. The van der Waals surface area contributed by atoms with Gasteiger partial charge in [-0.1, -0.05) is 45.2 Å². The average molecular weight is 682 g/mol. The zero-order valence-electron chi connectivity index (χ0n) is 14.4. The van der Waals surface area contributed by atoms with Crippen LogP contribution in [0.4, 0.5) is 0 Å². The van der Waals surface area contributed by atoms with Crippen molar-refractivity contribution in [3.05, 3.63) is 0 Å². The van der Waals surface area contributed by atoms with Crippen LogP contribution in [0.5, 0.6) is 0 Å². The molecule has 0 fully saturated rings. The highest BCUT2D eigenvalue weighted by Gasteiger charge is 2.44. The van der Waals surface area contributed by atoms with Gasteiger partial charge in [0.05, 0.1) is 24.4 Å². The molecule has 0 bridgehead atoms. The van der Waals surface area contributed by atoms with E-state index in [1.807, 2.05) is 45.2 Å². The highest BCUT2D eigenvalue weighted by Crippen LogP contribution is 2.69. The smallest absolute Gasteiger partial charge is 0.389 e. The van der Waals surface area contributed by atoms with Gasteiger partial charge in [-0.2, -0.15) is 8.62 Å². The molecule has 0 radical (unpaired) electrons. The monoisotopic (exact) mass is 682 g/mol. The summed E-state index contributed by atoms with van der Waals surface area (Å²) < 4.78 is 53.1. The summed E-state index contributed by atoms with van der Waals surface area (Å²) in [4.78, 5) is 27.3. The highest BCUT2D eigenvalue weighted by molar-refractivity contribution is 14.1. The van der Waals surface area contributed by atoms with Crippen LogP contribution in [0.15, 0.2) is 0 Å². The molecule has 0 aromatic rings. The summed E-state index contributed by atoms with van der Waals surface area (Å²) in [6.07, 6.45) is -0.212. The third-order valence-electron chi connectivity index (χ3n) is 2.77. The summed E-state index contributed by atoms with van der Waals surface area (Å²) in [5, 5.41) is 19.6. The van der Waals surface area contributed by atoms with E-state index in [1.165, 1.54) is 13.8 Å². The molecule has 5 N–H and O–H groups in total. The summed E-state index contributed by atoms with van der Waals surface area (Å²) in [6, 6.07) is 0. The van der Waals surface area contributed by atoms with E-state index in [2.05, 4.69) is 17.7 Å². The number of aliphatic hydroxyl groups is 2. The topological polar surface area (TPSA) is 189 Å². The molecule has 0 saturated carbocycles. The maximum absolute atomic E-state index is 12.3. The van der Waals surface area contributed by atoms with Gasteiger partial charge in [-0.3, -0.25) is 9.05 Å². The van der Waals surface area contributed by atoms with Crippen molar-refractivity contribution in [2.75, 3.05) is 22.1 Å². The molecule has 27 heavy (non-hydrogen) atoms. The van der Waals surface area contributed by atoms with Crippen molar-refractivity contribution >= 4 is 68.6 Å². The molecule has 0 saturated heterocycles. The second kappa shape index (κ2) is 11.4. The minimum Gasteiger partial charge on any atom is -0.389 e. The van der Waals surface area contributed by atoms with Crippen LogP contribution < -0.4 is 0 Å². The van der Waals surface area contributed by atoms with Crippen LogP contribution in [0.1, 0.15) is 26.7 Å². The summed E-state index contributed by atoms with van der Waals surface area (Å²) in [5.41, 5.74) is -2.45. The molecule has 0 aromatic heterocycles. The van der Waals surface area contributed by atoms with E-state index in [4.69, 9.17) is 9.79 Å². The Kier molecular flexibility index (Phi) is 12.2. The van der Waals surface area contributed by atoms with Crippen LogP contribution in [0.2, 0.25) is 0 Å². The van der Waals surface area contributed by atoms with Gasteiger partial charge < -0.3 is 24.9 Å². The number of phosphoric acid groups is 3. The first-order valence-electron chi connectivity index (χ1n) is 7.22. The molecule has 164 valence electrons. The zero-order chi connectivity index (χ0) is 21.6. The molecular weight excluding hydrogens is 659 g/mol. The van der Waals surface area contributed by atoms with Crippen LogP contribution in [0, 0.1) is 0 Å². The second-order valence-electron chi connectivity index (χ2n) is 6.00. The number of halogens is 2. The van der Waals surface area contributed by atoms with E-state index in [9.17, 15) is 28.8 Å². The van der Waals surface area contributed by atoms with E-state index in [0.29, 0.717) is 4.43 Å². The zero-order valence-corrected chi connectivity index (χ0v) is 21.4. The highest BCUT2D eigenvalue weighted by atomic mass is 127. The van der Waals surface area contributed by atoms with Crippen molar-refractivity contribution in [3.63, 3.8) is 0 Å². The molecular formula is C10H23I2O12P3. The van der Waals surface area contributed by atoms with Gasteiger partial charge in [-0.25, -0.2) is 13.7 Å². The van der Waals surface area contributed by atoms with E-state index < -0.39 is 47.9 Å². The Morgan fingerprint density at radius 1 is 0.815 bits per heavy atom. The fourth-order valence-electron chi connectivity index (χ4n) is 1.23. The Bertz CT molecular complexity index is 606. The molecule has 12 nitrogen and oxygen atoms in total. The number of alkyl halides is 2. The maximum atomic E-state index is 12.3. The van der Waals surface area contributed by atoms with Crippen LogP contribution in [-0.4, -0.2) is 58.2 Å². The third-order valence-corrected chi connectivity index (χ3v) is 10.3. The molecule has 4 unspecified atom stereocenters. The Hall–Kier alpha value is 1.79. The van der Waals surface area contributed by atoms with E-state index in [0.717, 1.165) is 0 Å². The lowest BCUT2D eigenvalue weighted by Gasteiger charge is -2.24. The quantitative estimate of drug-likeness (QED) is 0.103. The molecule has 0 aliphatic heterocycles. The SMILES string of the molecule is CC(O)(CI)CCOP(=O)(O)OP(=O)(OCCC(C)(O)CI)OP(=O)(O)O. The van der Waals surface area contributed by atoms with Gasteiger partial charge in [0.25, 0.3) is 0 Å². The molecule has 0 rings (SSSR count). The minimum absolute atomic E-state index is 0.0765. The van der Waals surface area contributed by atoms with Gasteiger partial charge >= 0.3 is 23.5 Å². The van der Waals surface area contributed by atoms with Crippen LogP contribution in [0.3, 0.4) is 0 Å². The molecule has 0 aliphatic rings. The van der Waals surface area contributed by atoms with Gasteiger partial charge in [-0.15, -0.1) is 0 Å². The van der Waals surface area contributed by atoms with Crippen molar-refractivity contribution in [1.29, 1.82) is 0 Å². The molecule has 0 aromatic carbocycles. The number of hydrogen-bond donors (Lipinski definition) is 5. The first kappa shape index (κ1) is 28.8. The standard InChI is InChI=1S/C10H23I2O12P3/c1-9(13,7-11)3-5-21-26(18,19)24-27(20,23-25(15,16)17)22-6-4-10(2,14)8-12/h13-14H,3-8H2,1-2H3,(H,18,19)(H2,15,16,17). The summed E-state index contributed by atoms with van der Waals surface area (Å²) in [7, 11) is -15.8. The van der Waals surface area contributed by atoms with Gasteiger partial charge in [0, 0.05) is 21.7 Å². The van der Waals surface area contributed by atoms with Crippen molar-refractivity contribution in [3.8, 4) is 0 Å². The largest absolute Gasteiger partial charge is 0.492 e. The molecule has 0 aliphatic carbocycles. The second-order valence-corrected chi connectivity index (χ2v) is 12.2. The van der Waals surface area contributed by atoms with Crippen molar-refractivity contribution in [2.24, 2.45) is 0 Å². The molecule has 0 amide bonds. The molecule has 4 atom stereocenters. The van der Waals surface area contributed by atoms with E-state index in [-0.39, 0.29) is 17.3 Å². The predicted molar refractivity (Wildman–Crippen MR) is 112 cm³/mol. The van der Waals surface area contributed by atoms with Crippen molar-refractivity contribution in [1.82, 2.24) is 0 Å². The van der Waals surface area contributed by atoms with E-state index in [1.54, 1.807) is 0 Å². The lowest BCUT2D eigenvalue weighted by atomic mass is 10.1. The number of hydrogen-bond acceptors (Lipinski definition) is 9. The van der Waals surface area contributed by atoms with Gasteiger partial charge in [0.15, 0.2) is 0 Å². The Morgan fingerprint density at radius 2 is 1.22 bits per heavy atom. The van der Waals surface area contributed by atoms with Crippen LogP contribution >= 0.6 is 68.6 Å². The van der Waals surface area contributed by atoms with E-state index >= 15 is 0 Å². The number of rotatable bonds is 14. The molecule has 17 heteroatoms. The number of phosphoric ester groups is 1. The Balaban J connectivity index is 5.04. The summed E-state index contributed by atoms with van der Waals surface area (Å²) in [6.45, 7) is 1.84. The Labute approximate surface area is 184 Å².